The number of ether oxygens (including phenoxy) is 2. The average molecular weight is 351 g/mol. The third kappa shape index (κ3) is 4.49. The lowest BCUT2D eigenvalue weighted by molar-refractivity contribution is 0.0207. The third-order valence-corrected chi connectivity index (χ3v) is 2.71. The molecule has 0 saturated heterocycles. The number of nitrogens with zero attached hydrogens (tertiary/aromatic N) is 3. The molecular weight excluding hydrogens is 338 g/mol. The van der Waals surface area contributed by atoms with E-state index in [4.69, 9.17) is 9.47 Å². The van der Waals surface area contributed by atoms with E-state index in [-0.39, 0.29) is 5.75 Å². The van der Waals surface area contributed by atoms with Gasteiger partial charge >= 0.3 is 6.16 Å². The van der Waals surface area contributed by atoms with Gasteiger partial charge in [0.15, 0.2) is 5.82 Å². The summed E-state index contributed by atoms with van der Waals surface area (Å²) in [5.74, 6) is 0.617. The minimum Gasteiger partial charge on any atom is -0.428 e. The first kappa shape index (κ1) is 15.4. The van der Waals surface area contributed by atoms with E-state index in [1.54, 1.807) is 39.0 Å². The number of aromatic nitrogens is 3. The molecule has 6 nitrogen and oxygen atoms in total. The summed E-state index contributed by atoms with van der Waals surface area (Å²) in [6.45, 7) is 5.28. The van der Waals surface area contributed by atoms with Crippen molar-refractivity contribution in [1.29, 1.82) is 0 Å². The van der Waals surface area contributed by atoms with E-state index in [0.717, 1.165) is 4.47 Å². The summed E-state index contributed by atoms with van der Waals surface area (Å²) in [6, 6.07) is 5.15. The summed E-state index contributed by atoms with van der Waals surface area (Å²) in [4.78, 5) is 15.8. The maximum Gasteiger partial charge on any atom is 0.514 e. The van der Waals surface area contributed by atoms with Crippen LogP contribution in [0, 0.1) is 6.20 Å². The second kappa shape index (κ2) is 6.17. The molecule has 0 spiro atoms. The van der Waals surface area contributed by atoms with E-state index in [2.05, 4.69) is 37.3 Å². The van der Waals surface area contributed by atoms with Gasteiger partial charge in [0, 0.05) is 4.47 Å². The standard InChI is InChI=1S/C14H13BrN3O3/c1-14(2,3)21-13(19)20-11-8-9(15)4-5-10(11)12-16-6-7-17-18-12/h4-6,8H,1-3H3. The molecule has 0 bridgehead atoms. The Labute approximate surface area is 130 Å². The minimum atomic E-state index is -0.794. The third-order valence-electron chi connectivity index (χ3n) is 2.21. The summed E-state index contributed by atoms with van der Waals surface area (Å²) < 4.78 is 11.1. The molecule has 0 saturated carbocycles. The van der Waals surface area contributed by atoms with Crippen LogP contribution in [-0.2, 0) is 4.74 Å². The average Bonchev–Trinajstić information content (AvgIpc) is 2.37. The van der Waals surface area contributed by atoms with Gasteiger partial charge in [-0.05, 0) is 39.0 Å². The van der Waals surface area contributed by atoms with Gasteiger partial charge in [0.25, 0.3) is 0 Å². The molecule has 0 aliphatic heterocycles. The number of benzene rings is 1. The topological polar surface area (TPSA) is 74.2 Å². The van der Waals surface area contributed by atoms with Crippen LogP contribution in [0.3, 0.4) is 0 Å². The normalized spacial score (nSPS) is 11.0. The second-order valence-corrected chi connectivity index (χ2v) is 6.03. The molecule has 21 heavy (non-hydrogen) atoms. The summed E-state index contributed by atoms with van der Waals surface area (Å²) in [6.07, 6.45) is 3.09. The first-order valence-electron chi connectivity index (χ1n) is 6.12. The van der Waals surface area contributed by atoms with Crippen molar-refractivity contribution in [2.75, 3.05) is 0 Å². The molecule has 109 valence electrons. The number of hydrogen-bond acceptors (Lipinski definition) is 6. The molecule has 1 aromatic heterocycles. The number of halogens is 1. The molecule has 0 fully saturated rings. The Morgan fingerprint density at radius 2 is 2.10 bits per heavy atom. The van der Waals surface area contributed by atoms with Gasteiger partial charge in [0.05, 0.1) is 11.8 Å². The van der Waals surface area contributed by atoms with Crippen molar-refractivity contribution in [3.8, 4) is 17.1 Å². The molecule has 0 atom stereocenters. The van der Waals surface area contributed by atoms with Crippen LogP contribution in [0.4, 0.5) is 4.79 Å². The Bertz CT molecular complexity index is 642. The van der Waals surface area contributed by atoms with Crippen molar-refractivity contribution in [3.05, 3.63) is 35.1 Å². The first-order valence-corrected chi connectivity index (χ1v) is 6.91. The molecule has 1 radical (unpaired) electrons. The van der Waals surface area contributed by atoms with Gasteiger partial charge in [-0.1, -0.05) is 15.9 Å². The molecule has 0 amide bonds. The van der Waals surface area contributed by atoms with Crippen molar-refractivity contribution in [1.82, 2.24) is 15.2 Å². The van der Waals surface area contributed by atoms with E-state index in [0.29, 0.717) is 11.4 Å². The predicted octanol–water partition coefficient (Wildman–Crippen LogP) is 3.42. The van der Waals surface area contributed by atoms with Crippen molar-refractivity contribution in [2.45, 2.75) is 26.4 Å². The van der Waals surface area contributed by atoms with Crippen LogP contribution >= 0.6 is 15.9 Å². The van der Waals surface area contributed by atoms with E-state index in [1.807, 2.05) is 0 Å². The van der Waals surface area contributed by atoms with Crippen LogP contribution in [-0.4, -0.2) is 26.9 Å². The fourth-order valence-corrected chi connectivity index (χ4v) is 1.81. The zero-order valence-electron chi connectivity index (χ0n) is 11.8. The Morgan fingerprint density at radius 1 is 1.33 bits per heavy atom. The van der Waals surface area contributed by atoms with Gasteiger partial charge in [-0.15, -0.1) is 10.2 Å². The van der Waals surface area contributed by atoms with Crippen LogP contribution in [0.1, 0.15) is 20.8 Å². The van der Waals surface area contributed by atoms with E-state index in [1.165, 1.54) is 6.20 Å². The van der Waals surface area contributed by atoms with Crippen molar-refractivity contribution in [3.63, 3.8) is 0 Å². The highest BCUT2D eigenvalue weighted by molar-refractivity contribution is 9.10. The molecule has 2 aromatic rings. The summed E-state index contributed by atoms with van der Waals surface area (Å²) >= 11 is 3.33. The van der Waals surface area contributed by atoms with Gasteiger partial charge in [-0.2, -0.15) is 0 Å². The van der Waals surface area contributed by atoms with Crippen LogP contribution in [0.2, 0.25) is 0 Å². The summed E-state index contributed by atoms with van der Waals surface area (Å²) in [5.41, 5.74) is -0.103. The number of hydrogen-bond donors (Lipinski definition) is 0. The van der Waals surface area contributed by atoms with Crippen LogP contribution in [0.15, 0.2) is 28.9 Å². The zero-order chi connectivity index (χ0) is 15.5. The Morgan fingerprint density at radius 3 is 2.71 bits per heavy atom. The van der Waals surface area contributed by atoms with Crippen LogP contribution < -0.4 is 4.74 Å². The highest BCUT2D eigenvalue weighted by Gasteiger charge is 2.20. The molecule has 0 aliphatic carbocycles. The maximum absolute atomic E-state index is 11.8. The van der Waals surface area contributed by atoms with E-state index in [9.17, 15) is 4.79 Å². The number of carbonyl (C=O) groups is 1. The summed E-state index contributed by atoms with van der Waals surface area (Å²) in [7, 11) is 0. The van der Waals surface area contributed by atoms with Gasteiger partial charge in [0.1, 0.15) is 17.5 Å². The van der Waals surface area contributed by atoms with Crippen molar-refractivity contribution >= 4 is 22.1 Å². The largest absolute Gasteiger partial charge is 0.514 e. The Hall–Kier alpha value is -2.02. The highest BCUT2D eigenvalue weighted by atomic mass is 79.9. The van der Waals surface area contributed by atoms with Gasteiger partial charge < -0.3 is 9.47 Å². The molecule has 7 heteroatoms. The van der Waals surface area contributed by atoms with Gasteiger partial charge in [-0.25, -0.2) is 9.78 Å². The monoisotopic (exact) mass is 350 g/mol. The van der Waals surface area contributed by atoms with E-state index < -0.39 is 11.8 Å². The highest BCUT2D eigenvalue weighted by Crippen LogP contribution is 2.30. The molecule has 1 aromatic carbocycles. The molecule has 2 rings (SSSR count). The zero-order valence-corrected chi connectivity index (χ0v) is 13.3. The molecule has 0 aliphatic rings. The lowest BCUT2D eigenvalue weighted by Crippen LogP contribution is -2.26. The smallest absolute Gasteiger partial charge is 0.428 e. The SMILES string of the molecule is CC(C)(C)OC(=O)Oc1cc(Br)ccc1-c1nc[c]nn1. The number of carbonyl (C=O) groups excluding carboxylic acids is 1. The molecule has 0 N–H and O–H groups in total. The minimum absolute atomic E-state index is 0.284. The van der Waals surface area contributed by atoms with Gasteiger partial charge in [-0.3, -0.25) is 0 Å². The summed E-state index contributed by atoms with van der Waals surface area (Å²) in [5, 5.41) is 7.50. The Balaban J connectivity index is 2.30. The fourth-order valence-electron chi connectivity index (χ4n) is 1.47. The van der Waals surface area contributed by atoms with Crippen molar-refractivity contribution in [2.24, 2.45) is 0 Å². The number of rotatable bonds is 2. The second-order valence-electron chi connectivity index (χ2n) is 5.12. The fraction of sp³-hybridized carbons (Fsp3) is 0.286. The molecule has 1 heterocycles. The lowest BCUT2D eigenvalue weighted by atomic mass is 10.2. The predicted molar refractivity (Wildman–Crippen MR) is 78.7 cm³/mol. The van der Waals surface area contributed by atoms with Gasteiger partial charge in [0.2, 0.25) is 0 Å². The van der Waals surface area contributed by atoms with Crippen LogP contribution in [0.5, 0.6) is 5.75 Å². The van der Waals surface area contributed by atoms with Crippen molar-refractivity contribution < 1.29 is 14.3 Å². The maximum atomic E-state index is 11.8. The molecular formula is C14H13BrN3O3. The lowest BCUT2D eigenvalue weighted by Gasteiger charge is -2.19. The first-order chi connectivity index (χ1) is 9.85. The van der Waals surface area contributed by atoms with Crippen LogP contribution in [0.25, 0.3) is 11.4 Å². The molecule has 0 unspecified atom stereocenters. The van der Waals surface area contributed by atoms with E-state index >= 15 is 0 Å². The Kier molecular flexibility index (Phi) is 4.52. The quantitative estimate of drug-likeness (QED) is 0.610.